The number of fused-ring (bicyclic) bond motifs is 1. The van der Waals surface area contributed by atoms with Gasteiger partial charge in [-0.25, -0.2) is 0 Å². The lowest BCUT2D eigenvalue weighted by molar-refractivity contribution is 0.420. The maximum Gasteiger partial charge on any atom is 0.0507 e. The van der Waals surface area contributed by atoms with Crippen LogP contribution in [0.3, 0.4) is 0 Å². The molecule has 3 aliphatic carbocycles. The van der Waals surface area contributed by atoms with Crippen molar-refractivity contribution in [2.75, 3.05) is 0 Å². The van der Waals surface area contributed by atoms with Crippen molar-refractivity contribution in [3.8, 4) is 0 Å². The van der Waals surface area contributed by atoms with Gasteiger partial charge in [0.15, 0.2) is 0 Å². The molecule has 1 aromatic carbocycles. The average molecular weight is 313 g/mol. The fourth-order valence-electron chi connectivity index (χ4n) is 5.27. The predicted molar refractivity (Wildman–Crippen MR) is 97.9 cm³/mol. The quantitative estimate of drug-likeness (QED) is 0.774. The Kier molecular flexibility index (Phi) is 2.53. The second kappa shape index (κ2) is 4.27. The average Bonchev–Trinajstić information content (AvgIpc) is 3.47. The maximum absolute atomic E-state index is 5.16. The molecule has 5 rings (SSSR count). The molecule has 0 N–H and O–H groups in total. The standard InChI is InChI=1S/C23H23N/c1-21(2,16-10-5-4-6-11-16)18-13-9-14-19(24-18)22(3)20-17-12-7-8-15-23(17,20)22/h4-15,17,20H,1-3H3. The molecular weight excluding hydrogens is 290 g/mol. The van der Waals surface area contributed by atoms with Gasteiger partial charge < -0.3 is 0 Å². The highest BCUT2D eigenvalue weighted by atomic mass is 15.0. The minimum absolute atomic E-state index is 0.0773. The van der Waals surface area contributed by atoms with Crippen LogP contribution >= 0.6 is 0 Å². The van der Waals surface area contributed by atoms with Gasteiger partial charge in [0.25, 0.3) is 0 Å². The fraction of sp³-hybridized carbons (Fsp3) is 0.348. The van der Waals surface area contributed by atoms with E-state index >= 15 is 0 Å². The molecule has 4 unspecified atom stereocenters. The van der Waals surface area contributed by atoms with Crippen molar-refractivity contribution in [2.45, 2.75) is 31.6 Å². The van der Waals surface area contributed by atoms with Crippen LogP contribution in [-0.2, 0) is 10.8 Å². The number of allylic oxidation sites excluding steroid dienone is 4. The van der Waals surface area contributed by atoms with Crippen LogP contribution in [0.25, 0.3) is 0 Å². The van der Waals surface area contributed by atoms with E-state index < -0.39 is 0 Å². The molecule has 0 amide bonds. The van der Waals surface area contributed by atoms with Gasteiger partial charge in [-0.1, -0.05) is 81.5 Å². The van der Waals surface area contributed by atoms with E-state index in [0.29, 0.717) is 5.41 Å². The first-order chi connectivity index (χ1) is 11.5. The summed E-state index contributed by atoms with van der Waals surface area (Å²) in [5.74, 6) is 1.50. The van der Waals surface area contributed by atoms with Gasteiger partial charge in [0.05, 0.1) is 5.69 Å². The molecule has 1 spiro atoms. The van der Waals surface area contributed by atoms with Gasteiger partial charge in [-0.2, -0.15) is 0 Å². The topological polar surface area (TPSA) is 12.9 Å². The molecule has 2 saturated carbocycles. The summed E-state index contributed by atoms with van der Waals surface area (Å²) in [6.45, 7) is 6.95. The Balaban J connectivity index is 1.53. The third-order valence-corrected chi connectivity index (χ3v) is 6.97. The number of nitrogens with zero attached hydrogens (tertiary/aromatic N) is 1. The fourth-order valence-corrected chi connectivity index (χ4v) is 5.27. The molecule has 2 aromatic rings. The Hall–Kier alpha value is -2.15. The van der Waals surface area contributed by atoms with E-state index in [2.05, 4.69) is 93.6 Å². The Bertz CT molecular complexity index is 876. The predicted octanol–water partition coefficient (Wildman–Crippen LogP) is 5.04. The summed E-state index contributed by atoms with van der Waals surface area (Å²) >= 11 is 0. The number of rotatable bonds is 3. The van der Waals surface area contributed by atoms with E-state index in [4.69, 9.17) is 4.98 Å². The van der Waals surface area contributed by atoms with Crippen LogP contribution in [0.4, 0.5) is 0 Å². The summed E-state index contributed by atoms with van der Waals surface area (Å²) in [6.07, 6.45) is 9.23. The molecule has 1 heterocycles. The summed E-state index contributed by atoms with van der Waals surface area (Å²) in [5, 5.41) is 0. The minimum atomic E-state index is -0.0773. The first-order valence-corrected chi connectivity index (χ1v) is 8.92. The van der Waals surface area contributed by atoms with Gasteiger partial charge in [-0.05, 0) is 29.5 Å². The molecule has 24 heavy (non-hydrogen) atoms. The van der Waals surface area contributed by atoms with E-state index in [-0.39, 0.29) is 10.8 Å². The SMILES string of the molecule is CC(C)(c1ccccc1)c1cccc(C2(C)C3C4C=CC=CC432)n1. The van der Waals surface area contributed by atoms with E-state index in [9.17, 15) is 0 Å². The third-order valence-electron chi connectivity index (χ3n) is 6.97. The van der Waals surface area contributed by atoms with Crippen molar-refractivity contribution in [3.05, 3.63) is 89.8 Å². The summed E-state index contributed by atoms with van der Waals surface area (Å²) < 4.78 is 0. The van der Waals surface area contributed by atoms with E-state index in [1.165, 1.54) is 17.0 Å². The summed E-state index contributed by atoms with van der Waals surface area (Å²) in [7, 11) is 0. The van der Waals surface area contributed by atoms with Crippen LogP contribution in [-0.4, -0.2) is 4.98 Å². The molecule has 2 fully saturated rings. The van der Waals surface area contributed by atoms with Crippen molar-refractivity contribution in [3.63, 3.8) is 0 Å². The van der Waals surface area contributed by atoms with Gasteiger partial charge in [-0.3, -0.25) is 4.98 Å². The molecule has 0 radical (unpaired) electrons. The van der Waals surface area contributed by atoms with Crippen LogP contribution in [0.2, 0.25) is 0 Å². The van der Waals surface area contributed by atoms with Crippen LogP contribution in [0.1, 0.15) is 37.7 Å². The molecule has 1 heteroatoms. The molecular formula is C23H23N. The summed E-state index contributed by atoms with van der Waals surface area (Å²) in [6, 6.07) is 17.3. The second-order valence-corrected chi connectivity index (χ2v) is 8.28. The number of hydrogen-bond donors (Lipinski definition) is 0. The first kappa shape index (κ1) is 14.2. The monoisotopic (exact) mass is 313 g/mol. The summed E-state index contributed by atoms with van der Waals surface area (Å²) in [5.41, 5.74) is 4.27. The highest BCUT2D eigenvalue weighted by molar-refractivity contribution is 5.58. The van der Waals surface area contributed by atoms with Crippen LogP contribution < -0.4 is 0 Å². The van der Waals surface area contributed by atoms with Gasteiger partial charge in [0.2, 0.25) is 0 Å². The zero-order chi connectivity index (χ0) is 16.6. The van der Waals surface area contributed by atoms with Crippen LogP contribution in [0.15, 0.2) is 72.8 Å². The Morgan fingerprint density at radius 1 is 0.958 bits per heavy atom. The molecule has 0 aliphatic heterocycles. The minimum Gasteiger partial charge on any atom is -0.256 e. The lowest BCUT2D eigenvalue weighted by atomic mass is 9.77. The smallest absolute Gasteiger partial charge is 0.0507 e. The van der Waals surface area contributed by atoms with Crippen molar-refractivity contribution < 1.29 is 0 Å². The summed E-state index contributed by atoms with van der Waals surface area (Å²) in [4.78, 5) is 5.16. The highest BCUT2D eigenvalue weighted by Gasteiger charge is 2.92. The highest BCUT2D eigenvalue weighted by Crippen LogP contribution is 2.92. The third kappa shape index (κ3) is 1.49. The van der Waals surface area contributed by atoms with Gasteiger partial charge in [0.1, 0.15) is 0 Å². The van der Waals surface area contributed by atoms with Crippen LogP contribution in [0, 0.1) is 17.3 Å². The van der Waals surface area contributed by atoms with Crippen LogP contribution in [0.5, 0.6) is 0 Å². The van der Waals surface area contributed by atoms with E-state index in [1.807, 2.05) is 0 Å². The molecule has 4 atom stereocenters. The number of pyridine rings is 1. The van der Waals surface area contributed by atoms with Gasteiger partial charge >= 0.3 is 0 Å². The van der Waals surface area contributed by atoms with Crippen molar-refractivity contribution in [1.82, 2.24) is 4.98 Å². The normalized spacial score (nSPS) is 35.3. The number of hydrogen-bond acceptors (Lipinski definition) is 1. The lowest BCUT2D eigenvalue weighted by Gasteiger charge is -2.30. The van der Waals surface area contributed by atoms with Crippen molar-refractivity contribution >= 4 is 0 Å². The number of aromatic nitrogens is 1. The molecule has 1 nitrogen and oxygen atoms in total. The van der Waals surface area contributed by atoms with Gasteiger partial charge in [-0.15, -0.1) is 0 Å². The Labute approximate surface area is 144 Å². The Morgan fingerprint density at radius 2 is 1.75 bits per heavy atom. The molecule has 1 aromatic heterocycles. The number of benzene rings is 1. The van der Waals surface area contributed by atoms with Gasteiger partial charge in [0, 0.05) is 21.9 Å². The van der Waals surface area contributed by atoms with Crippen molar-refractivity contribution in [1.29, 1.82) is 0 Å². The largest absolute Gasteiger partial charge is 0.256 e. The first-order valence-electron chi connectivity index (χ1n) is 8.92. The maximum atomic E-state index is 5.16. The molecule has 120 valence electrons. The molecule has 0 saturated heterocycles. The Morgan fingerprint density at radius 3 is 2.50 bits per heavy atom. The zero-order valence-corrected chi connectivity index (χ0v) is 14.5. The van der Waals surface area contributed by atoms with E-state index in [0.717, 1.165) is 11.8 Å². The molecule has 0 bridgehead atoms. The van der Waals surface area contributed by atoms with Crippen molar-refractivity contribution in [2.24, 2.45) is 17.3 Å². The molecule has 3 aliphatic rings. The zero-order valence-electron chi connectivity index (χ0n) is 14.5. The van der Waals surface area contributed by atoms with E-state index in [1.54, 1.807) is 0 Å². The second-order valence-electron chi connectivity index (χ2n) is 8.28. The lowest BCUT2D eigenvalue weighted by Crippen LogP contribution is -2.27.